The van der Waals surface area contributed by atoms with Crippen LogP contribution in [0.1, 0.15) is 36.8 Å². The van der Waals surface area contributed by atoms with Crippen molar-refractivity contribution in [1.82, 2.24) is 0 Å². The minimum absolute atomic E-state index is 0.323. The van der Waals surface area contributed by atoms with Crippen molar-refractivity contribution in [2.24, 2.45) is 0 Å². The van der Waals surface area contributed by atoms with Crippen LogP contribution in [0.4, 0.5) is 0 Å². The van der Waals surface area contributed by atoms with E-state index in [4.69, 9.17) is 0 Å². The summed E-state index contributed by atoms with van der Waals surface area (Å²) < 4.78 is 0. The van der Waals surface area contributed by atoms with Gasteiger partial charge in [0.05, 0.1) is 0 Å². The molecule has 188 valence electrons. The summed E-state index contributed by atoms with van der Waals surface area (Å²) in [5.41, 5.74) is -6.09. The predicted molar refractivity (Wildman–Crippen MR) is 125 cm³/mol. The number of carboxylic acids is 1. The lowest BCUT2D eigenvalue weighted by molar-refractivity contribution is -0.246. The third kappa shape index (κ3) is 5.57. The van der Waals surface area contributed by atoms with Crippen LogP contribution in [-0.4, -0.2) is 74.8 Å². The number of rotatable bonds is 7. The number of aromatic hydroxyl groups is 4. The summed E-state index contributed by atoms with van der Waals surface area (Å²) in [6, 6.07) is 7.96. The average molecular weight is 488 g/mol. The molecule has 10 nitrogen and oxygen atoms in total. The molecule has 0 heterocycles. The lowest BCUT2D eigenvalue weighted by Gasteiger charge is -2.51. The predicted octanol–water partition coefficient (Wildman–Crippen LogP) is 1.45. The summed E-state index contributed by atoms with van der Waals surface area (Å²) in [6.45, 7) is 0. The number of hydrogen-bond acceptors (Lipinski definition) is 9. The third-order valence-electron chi connectivity index (χ3n) is 6.18. The van der Waals surface area contributed by atoms with E-state index in [2.05, 4.69) is 0 Å². The second kappa shape index (κ2) is 9.59. The van der Waals surface area contributed by atoms with E-state index in [9.17, 15) is 50.8 Å². The summed E-state index contributed by atoms with van der Waals surface area (Å²) >= 11 is 0. The van der Waals surface area contributed by atoms with Crippen molar-refractivity contribution in [3.63, 3.8) is 0 Å². The van der Waals surface area contributed by atoms with Crippen LogP contribution >= 0.6 is 0 Å². The number of phenols is 4. The second-order valence-electron chi connectivity index (χ2n) is 9.01. The van der Waals surface area contributed by atoms with Gasteiger partial charge in [0.2, 0.25) is 0 Å². The molecule has 35 heavy (non-hydrogen) atoms. The third-order valence-corrected chi connectivity index (χ3v) is 6.18. The van der Waals surface area contributed by atoms with E-state index >= 15 is 0 Å². The molecule has 0 amide bonds. The Hall–Kier alpha value is -3.57. The van der Waals surface area contributed by atoms with Gasteiger partial charge in [-0.05, 0) is 48.2 Å². The van der Waals surface area contributed by atoms with E-state index in [1.54, 1.807) is 0 Å². The molecule has 1 fully saturated rings. The van der Waals surface area contributed by atoms with Crippen molar-refractivity contribution in [3.8, 4) is 23.0 Å². The number of aliphatic carboxylic acids is 1. The molecule has 0 unspecified atom stereocenters. The van der Waals surface area contributed by atoms with Crippen molar-refractivity contribution in [2.45, 2.75) is 48.6 Å². The maximum atomic E-state index is 11.8. The van der Waals surface area contributed by atoms with Crippen LogP contribution in [0.2, 0.25) is 0 Å². The van der Waals surface area contributed by atoms with Crippen molar-refractivity contribution in [3.05, 3.63) is 59.7 Å². The smallest absolute Gasteiger partial charge is 0.335 e. The molecule has 1 aliphatic rings. The number of aliphatic hydroxyl groups is 4. The monoisotopic (exact) mass is 488 g/mol. The minimum Gasteiger partial charge on any atom is -0.504 e. The number of phenolic OH excluding ortho intramolecular Hbond substituents is 4. The van der Waals surface area contributed by atoms with E-state index in [1.807, 2.05) is 0 Å². The maximum Gasteiger partial charge on any atom is 0.335 e. The summed E-state index contributed by atoms with van der Waals surface area (Å²) in [4.78, 5) is 11.8. The molecule has 3 rings (SSSR count). The van der Waals surface area contributed by atoms with Crippen LogP contribution in [0, 0.1) is 0 Å². The van der Waals surface area contributed by atoms with Crippen molar-refractivity contribution in [1.29, 1.82) is 0 Å². The van der Waals surface area contributed by atoms with E-state index in [1.165, 1.54) is 60.7 Å². The Bertz CT molecular complexity index is 1080. The second-order valence-corrected chi connectivity index (χ2v) is 9.01. The van der Waals surface area contributed by atoms with Crippen molar-refractivity contribution in [2.75, 3.05) is 0 Å². The average Bonchev–Trinajstić information content (AvgIpc) is 2.77. The van der Waals surface area contributed by atoms with E-state index in [0.29, 0.717) is 11.1 Å². The lowest BCUT2D eigenvalue weighted by Crippen LogP contribution is -2.68. The highest BCUT2D eigenvalue weighted by Crippen LogP contribution is 2.45. The molecule has 2 aromatic carbocycles. The molecule has 9 N–H and O–H groups in total. The highest BCUT2D eigenvalue weighted by Gasteiger charge is 2.61. The molecule has 0 spiro atoms. The van der Waals surface area contributed by atoms with Gasteiger partial charge in [-0.2, -0.15) is 0 Å². The van der Waals surface area contributed by atoms with E-state index in [-0.39, 0.29) is 35.8 Å². The quantitative estimate of drug-likeness (QED) is 0.257. The maximum absolute atomic E-state index is 11.8. The van der Waals surface area contributed by atoms with E-state index in [0.717, 1.165) is 0 Å². The summed E-state index contributed by atoms with van der Waals surface area (Å²) in [5, 5.41) is 91.5. The Morgan fingerprint density at radius 1 is 0.771 bits per heavy atom. The van der Waals surface area contributed by atoms with Crippen LogP contribution in [0.15, 0.2) is 48.6 Å². The largest absolute Gasteiger partial charge is 0.504 e. The summed E-state index contributed by atoms with van der Waals surface area (Å²) in [7, 11) is 0. The molecular formula is C25H28O10. The highest BCUT2D eigenvalue weighted by atomic mass is 16.4. The topological polar surface area (TPSA) is 199 Å². The Morgan fingerprint density at radius 2 is 1.17 bits per heavy atom. The Labute approximate surface area is 200 Å². The first-order valence-electron chi connectivity index (χ1n) is 10.7. The molecule has 0 saturated heterocycles. The molecule has 2 aromatic rings. The number of carbonyl (C=O) groups is 1. The Kier molecular flexibility index (Phi) is 7.13. The van der Waals surface area contributed by atoms with E-state index < -0.39 is 41.7 Å². The number of benzene rings is 2. The molecule has 0 radical (unpaired) electrons. The standard InChI is InChI=1S/C25H28O10/c26-17-7-5-15(11-19(17)28)3-1-9-23(33)13-25(35,22(31)32)14-24(34,21(23)30)10-2-4-16-6-8-18(27)20(29)12-16/h1-8,11-12,21,26-30,33-35H,9-10,13-14H2,(H,31,32)/b3-1+,4-2+/t21?,23-,24-,25?/m1/s1. The first-order chi connectivity index (χ1) is 16.3. The minimum atomic E-state index is -2.53. The summed E-state index contributed by atoms with van der Waals surface area (Å²) in [6.07, 6.45) is 1.65. The zero-order valence-corrected chi connectivity index (χ0v) is 18.6. The SMILES string of the molecule is O=C(O)C1(O)C[C@](O)(C/C=C/c2ccc(O)c(O)c2)C(O)[C@@](O)(C/C=C/c2ccc(O)c(O)c2)C1. The first kappa shape index (κ1) is 26.0. The van der Waals surface area contributed by atoms with Gasteiger partial charge in [-0.25, -0.2) is 4.79 Å². The Morgan fingerprint density at radius 3 is 1.51 bits per heavy atom. The van der Waals surface area contributed by atoms with Gasteiger partial charge in [0.1, 0.15) is 17.3 Å². The van der Waals surface area contributed by atoms with Gasteiger partial charge >= 0.3 is 5.97 Å². The molecule has 0 bridgehead atoms. The summed E-state index contributed by atoms with van der Waals surface area (Å²) in [5.74, 6) is -3.05. The number of hydrogen-bond donors (Lipinski definition) is 9. The van der Waals surface area contributed by atoms with Gasteiger partial charge < -0.3 is 46.0 Å². The van der Waals surface area contributed by atoms with Gasteiger partial charge in [-0.15, -0.1) is 0 Å². The van der Waals surface area contributed by atoms with Crippen LogP contribution in [-0.2, 0) is 4.79 Å². The molecular weight excluding hydrogens is 460 g/mol. The molecule has 1 aliphatic carbocycles. The van der Waals surface area contributed by atoms with Crippen molar-refractivity contribution >= 4 is 18.1 Å². The molecule has 10 heteroatoms. The van der Waals surface area contributed by atoms with Gasteiger partial charge in [-0.1, -0.05) is 36.4 Å². The van der Waals surface area contributed by atoms with Crippen LogP contribution in [0.3, 0.4) is 0 Å². The lowest BCUT2D eigenvalue weighted by atomic mass is 9.63. The van der Waals surface area contributed by atoms with Gasteiger partial charge in [0.25, 0.3) is 0 Å². The van der Waals surface area contributed by atoms with Gasteiger partial charge in [0.15, 0.2) is 28.6 Å². The molecule has 1 saturated carbocycles. The fourth-order valence-electron chi connectivity index (χ4n) is 4.37. The molecule has 0 aromatic heterocycles. The van der Waals surface area contributed by atoms with Crippen LogP contribution in [0.25, 0.3) is 12.2 Å². The zero-order chi connectivity index (χ0) is 26.0. The van der Waals surface area contributed by atoms with Gasteiger partial charge in [-0.3, -0.25) is 0 Å². The van der Waals surface area contributed by atoms with Crippen molar-refractivity contribution < 1.29 is 50.8 Å². The number of carboxylic acid groups (broad SMARTS) is 1. The Balaban J connectivity index is 1.84. The molecule has 0 aliphatic heterocycles. The van der Waals surface area contributed by atoms with Crippen LogP contribution in [0.5, 0.6) is 23.0 Å². The number of aliphatic hydroxyl groups excluding tert-OH is 1. The van der Waals surface area contributed by atoms with Crippen LogP contribution < -0.4 is 0 Å². The first-order valence-corrected chi connectivity index (χ1v) is 10.7. The zero-order valence-electron chi connectivity index (χ0n) is 18.6. The fraction of sp³-hybridized carbons (Fsp3) is 0.320. The highest BCUT2D eigenvalue weighted by molar-refractivity contribution is 5.78. The normalized spacial score (nSPS) is 29.1. The molecule has 2 atom stereocenters. The fourth-order valence-corrected chi connectivity index (χ4v) is 4.37. The van der Waals surface area contributed by atoms with Gasteiger partial charge in [0, 0.05) is 12.8 Å².